The van der Waals surface area contributed by atoms with Crippen LogP contribution in [0, 0.1) is 0 Å². The lowest BCUT2D eigenvalue weighted by Gasteiger charge is -2.11. The van der Waals surface area contributed by atoms with Gasteiger partial charge in [0.2, 0.25) is 5.91 Å². The van der Waals surface area contributed by atoms with Gasteiger partial charge < -0.3 is 19.9 Å². The van der Waals surface area contributed by atoms with Gasteiger partial charge in [-0.25, -0.2) is 0 Å². The first kappa shape index (κ1) is 22.9. The number of amides is 1. The standard InChI is InChI=1S/C20H17Cl2N3O5S/c1-29-16-7-11(9-23-25-20-24-19(28)17(31-20)8-18(26)27)3-5-15(16)30-10-12-2-4-13(21)14(22)6-12/h2-7,9,17H,8,10H2,1H3,(H,26,27)(H,24,25,28)/b23-9+. The van der Waals surface area contributed by atoms with Crippen molar-refractivity contribution in [1.82, 2.24) is 5.32 Å². The van der Waals surface area contributed by atoms with Gasteiger partial charge in [-0.2, -0.15) is 5.10 Å². The zero-order valence-electron chi connectivity index (χ0n) is 16.2. The zero-order valence-corrected chi connectivity index (χ0v) is 18.5. The molecule has 0 radical (unpaired) electrons. The molecule has 0 aromatic heterocycles. The summed E-state index contributed by atoms with van der Waals surface area (Å²) in [6.45, 7) is 0.281. The lowest BCUT2D eigenvalue weighted by Crippen LogP contribution is -2.26. The van der Waals surface area contributed by atoms with Crippen molar-refractivity contribution in [2.24, 2.45) is 10.2 Å². The average molecular weight is 482 g/mol. The molecular weight excluding hydrogens is 465 g/mol. The summed E-state index contributed by atoms with van der Waals surface area (Å²) in [7, 11) is 1.52. The van der Waals surface area contributed by atoms with Crippen LogP contribution in [0.2, 0.25) is 10.0 Å². The molecule has 1 atom stereocenters. The third-order valence-corrected chi connectivity index (χ3v) is 5.87. The van der Waals surface area contributed by atoms with Gasteiger partial charge in [0.25, 0.3) is 0 Å². The first-order valence-corrected chi connectivity index (χ1v) is 10.5. The van der Waals surface area contributed by atoms with Gasteiger partial charge in [-0.05, 0) is 41.5 Å². The molecule has 2 N–H and O–H groups in total. The number of hydrogen-bond donors (Lipinski definition) is 2. The molecule has 0 saturated carbocycles. The Morgan fingerprint density at radius 1 is 1.23 bits per heavy atom. The van der Waals surface area contributed by atoms with E-state index in [0.29, 0.717) is 27.1 Å². The SMILES string of the molecule is COc1cc(/C=N/N=C2\NC(=O)C(CC(=O)O)S2)ccc1OCc1ccc(Cl)c(Cl)c1. The van der Waals surface area contributed by atoms with Crippen molar-refractivity contribution >= 4 is 58.2 Å². The number of carboxylic acids is 1. The second-order valence-electron chi connectivity index (χ2n) is 6.29. The van der Waals surface area contributed by atoms with Gasteiger partial charge in [0.05, 0.1) is 29.8 Å². The molecular formula is C20H17Cl2N3O5S. The van der Waals surface area contributed by atoms with E-state index in [1.165, 1.54) is 13.3 Å². The van der Waals surface area contributed by atoms with Crippen LogP contribution in [-0.2, 0) is 16.2 Å². The van der Waals surface area contributed by atoms with Gasteiger partial charge in [0.15, 0.2) is 16.7 Å². The number of thioether (sulfide) groups is 1. The van der Waals surface area contributed by atoms with Crippen molar-refractivity contribution in [3.63, 3.8) is 0 Å². The number of amidine groups is 1. The number of carbonyl (C=O) groups is 2. The van der Waals surface area contributed by atoms with Crippen LogP contribution in [0.3, 0.4) is 0 Å². The number of nitrogens with zero attached hydrogens (tertiary/aromatic N) is 2. The molecule has 11 heteroatoms. The van der Waals surface area contributed by atoms with Crippen LogP contribution in [0.25, 0.3) is 0 Å². The second kappa shape index (κ2) is 10.5. The average Bonchev–Trinajstić information content (AvgIpc) is 3.07. The highest BCUT2D eigenvalue weighted by molar-refractivity contribution is 8.15. The molecule has 0 aliphatic carbocycles. The fourth-order valence-electron chi connectivity index (χ4n) is 2.57. The topological polar surface area (TPSA) is 110 Å². The first-order valence-electron chi connectivity index (χ1n) is 8.91. The Kier molecular flexibility index (Phi) is 7.78. The fraction of sp³-hybridized carbons (Fsp3) is 0.200. The molecule has 8 nitrogen and oxygen atoms in total. The summed E-state index contributed by atoms with van der Waals surface area (Å²) in [6, 6.07) is 10.5. The lowest BCUT2D eigenvalue weighted by atomic mass is 10.2. The van der Waals surface area contributed by atoms with E-state index in [2.05, 4.69) is 15.5 Å². The lowest BCUT2D eigenvalue weighted by molar-refractivity contribution is -0.138. The minimum atomic E-state index is -1.05. The third kappa shape index (κ3) is 6.36. The number of rotatable bonds is 8. The van der Waals surface area contributed by atoms with Crippen LogP contribution in [-0.4, -0.2) is 40.7 Å². The van der Waals surface area contributed by atoms with E-state index < -0.39 is 17.1 Å². The highest BCUT2D eigenvalue weighted by atomic mass is 35.5. The van der Waals surface area contributed by atoms with Crippen molar-refractivity contribution in [2.45, 2.75) is 18.3 Å². The highest BCUT2D eigenvalue weighted by Gasteiger charge is 2.32. The Hall–Kier alpha value is -2.75. The summed E-state index contributed by atoms with van der Waals surface area (Å²) in [6.07, 6.45) is 1.20. The smallest absolute Gasteiger partial charge is 0.305 e. The van der Waals surface area contributed by atoms with E-state index in [4.69, 9.17) is 37.8 Å². The largest absolute Gasteiger partial charge is 0.493 e. The molecule has 1 amide bonds. The summed E-state index contributed by atoms with van der Waals surface area (Å²) in [5, 5.41) is 19.6. The molecule has 1 saturated heterocycles. The molecule has 1 heterocycles. The minimum absolute atomic E-state index is 0.251. The third-order valence-electron chi connectivity index (χ3n) is 4.06. The highest BCUT2D eigenvalue weighted by Crippen LogP contribution is 2.29. The first-order chi connectivity index (χ1) is 14.9. The van der Waals surface area contributed by atoms with E-state index >= 15 is 0 Å². The zero-order chi connectivity index (χ0) is 22.4. The Bertz CT molecular complexity index is 1060. The molecule has 3 rings (SSSR count). The van der Waals surface area contributed by atoms with Gasteiger partial charge in [-0.15, -0.1) is 5.10 Å². The maximum absolute atomic E-state index is 11.7. The number of nitrogens with one attached hydrogen (secondary N) is 1. The maximum Gasteiger partial charge on any atom is 0.305 e. The van der Waals surface area contributed by atoms with Gasteiger partial charge in [0, 0.05) is 0 Å². The second-order valence-corrected chi connectivity index (χ2v) is 8.30. The molecule has 2 aromatic carbocycles. The van der Waals surface area contributed by atoms with Crippen molar-refractivity contribution in [1.29, 1.82) is 0 Å². The van der Waals surface area contributed by atoms with Crippen molar-refractivity contribution < 1.29 is 24.2 Å². The Morgan fingerprint density at radius 2 is 2.03 bits per heavy atom. The van der Waals surface area contributed by atoms with Crippen LogP contribution in [0.15, 0.2) is 46.6 Å². The quantitative estimate of drug-likeness (QED) is 0.435. The Labute approximate surface area is 192 Å². The number of carbonyl (C=O) groups excluding carboxylic acids is 1. The fourth-order valence-corrected chi connectivity index (χ4v) is 3.80. The number of aliphatic carboxylic acids is 1. The molecule has 0 bridgehead atoms. The maximum atomic E-state index is 11.7. The predicted molar refractivity (Wildman–Crippen MR) is 121 cm³/mol. The summed E-state index contributed by atoms with van der Waals surface area (Å²) in [5.41, 5.74) is 1.55. The normalized spacial score (nSPS) is 17.2. The van der Waals surface area contributed by atoms with E-state index in [0.717, 1.165) is 17.3 Å². The van der Waals surface area contributed by atoms with Gasteiger partial charge >= 0.3 is 5.97 Å². The summed E-state index contributed by atoms with van der Waals surface area (Å²) in [5.74, 6) is -0.411. The van der Waals surface area contributed by atoms with Crippen molar-refractivity contribution in [2.75, 3.05) is 7.11 Å². The molecule has 162 valence electrons. The number of ether oxygens (including phenoxy) is 2. The Balaban J connectivity index is 1.63. The van der Waals surface area contributed by atoms with E-state index in [1.54, 1.807) is 30.3 Å². The predicted octanol–water partition coefficient (Wildman–Crippen LogP) is 3.98. The van der Waals surface area contributed by atoms with Crippen molar-refractivity contribution in [3.05, 3.63) is 57.6 Å². The molecule has 0 spiro atoms. The Morgan fingerprint density at radius 3 is 2.74 bits per heavy atom. The van der Waals surface area contributed by atoms with Crippen LogP contribution < -0.4 is 14.8 Å². The van der Waals surface area contributed by atoms with E-state index in [9.17, 15) is 9.59 Å². The van der Waals surface area contributed by atoms with E-state index in [1.807, 2.05) is 6.07 Å². The molecule has 1 aliphatic rings. The molecule has 1 aliphatic heterocycles. The molecule has 2 aromatic rings. The monoisotopic (exact) mass is 481 g/mol. The van der Waals surface area contributed by atoms with E-state index in [-0.39, 0.29) is 18.2 Å². The number of hydrogen-bond acceptors (Lipinski definition) is 7. The summed E-state index contributed by atoms with van der Waals surface area (Å²) in [4.78, 5) is 22.5. The van der Waals surface area contributed by atoms with Gasteiger partial charge in [-0.1, -0.05) is 41.0 Å². The molecule has 1 fully saturated rings. The number of methoxy groups -OCH3 is 1. The van der Waals surface area contributed by atoms with Crippen LogP contribution in [0.5, 0.6) is 11.5 Å². The minimum Gasteiger partial charge on any atom is -0.493 e. The number of carboxylic acid groups (broad SMARTS) is 1. The van der Waals surface area contributed by atoms with Gasteiger partial charge in [-0.3, -0.25) is 9.59 Å². The summed E-state index contributed by atoms with van der Waals surface area (Å²) >= 11 is 13.0. The summed E-state index contributed by atoms with van der Waals surface area (Å²) < 4.78 is 11.2. The molecule has 31 heavy (non-hydrogen) atoms. The van der Waals surface area contributed by atoms with Crippen LogP contribution in [0.4, 0.5) is 0 Å². The number of halogens is 2. The van der Waals surface area contributed by atoms with Gasteiger partial charge in [0.1, 0.15) is 11.9 Å². The molecule has 1 unspecified atom stereocenters. The number of benzene rings is 2. The van der Waals surface area contributed by atoms with Crippen LogP contribution in [0.1, 0.15) is 17.5 Å². The van der Waals surface area contributed by atoms with Crippen molar-refractivity contribution in [3.8, 4) is 11.5 Å². The van der Waals surface area contributed by atoms with Crippen LogP contribution >= 0.6 is 35.0 Å².